The molecule has 0 aromatic heterocycles. The summed E-state index contributed by atoms with van der Waals surface area (Å²) >= 11 is 12.3. The minimum atomic E-state index is -0.982. The van der Waals surface area contributed by atoms with Crippen LogP contribution in [0.1, 0.15) is 32.8 Å². The van der Waals surface area contributed by atoms with Crippen molar-refractivity contribution in [2.45, 2.75) is 44.5 Å². The molecule has 2 N–H and O–H groups in total. The van der Waals surface area contributed by atoms with Gasteiger partial charge in [-0.25, -0.2) is 4.79 Å². The number of benzene rings is 1. The number of hydrogen-bond donors (Lipinski definition) is 2. The number of hydrogen-bond acceptors (Lipinski definition) is 6. The van der Waals surface area contributed by atoms with E-state index in [0.717, 1.165) is 5.56 Å². The monoisotopic (exact) mass is 449 g/mol. The third-order valence-corrected chi connectivity index (χ3v) is 5.22. The van der Waals surface area contributed by atoms with Crippen LogP contribution in [0, 0.1) is 0 Å². The molecule has 7 nitrogen and oxygen atoms in total. The third-order valence-electron chi connectivity index (χ3n) is 4.48. The topological polar surface area (TPSA) is 88.5 Å². The number of ether oxygens (including phenoxy) is 3. The molecule has 2 atom stereocenters. The van der Waals surface area contributed by atoms with Gasteiger partial charge in [-0.3, -0.25) is 0 Å². The maximum absolute atomic E-state index is 12.5. The van der Waals surface area contributed by atoms with Crippen molar-refractivity contribution in [3.05, 3.63) is 33.8 Å². The molecule has 29 heavy (non-hydrogen) atoms. The Labute approximate surface area is 181 Å². The Morgan fingerprint density at radius 2 is 2.03 bits per heavy atom. The zero-order chi connectivity index (χ0) is 21.7. The predicted octanol–water partition coefficient (Wildman–Crippen LogP) is 3.22. The molecule has 1 aliphatic rings. The quantitative estimate of drug-likeness (QED) is 0.692. The lowest BCUT2D eigenvalue weighted by atomic mass is 9.90. The van der Waals surface area contributed by atoms with E-state index in [9.17, 15) is 9.90 Å². The van der Waals surface area contributed by atoms with Gasteiger partial charge in [-0.2, -0.15) is 0 Å². The Morgan fingerprint density at radius 1 is 1.31 bits per heavy atom. The number of aliphatic hydroxyl groups is 2. The maximum atomic E-state index is 12.5. The van der Waals surface area contributed by atoms with E-state index >= 15 is 0 Å². The Hall–Kier alpha value is -1.09. The lowest BCUT2D eigenvalue weighted by Crippen LogP contribution is -2.39. The summed E-state index contributed by atoms with van der Waals surface area (Å²) in [5.41, 5.74) is -0.717. The average Bonchev–Trinajstić information content (AvgIpc) is 2.86. The van der Waals surface area contributed by atoms with Crippen molar-refractivity contribution in [3.8, 4) is 0 Å². The van der Waals surface area contributed by atoms with E-state index in [-0.39, 0.29) is 19.8 Å². The van der Waals surface area contributed by atoms with Crippen LogP contribution >= 0.6 is 23.2 Å². The molecule has 1 aliphatic heterocycles. The summed E-state index contributed by atoms with van der Waals surface area (Å²) in [5, 5.41) is 19.4. The molecular formula is C20H29Cl2NO6. The van der Waals surface area contributed by atoms with Gasteiger partial charge in [0, 0.05) is 19.5 Å². The molecule has 1 unspecified atom stereocenters. The molecule has 1 aromatic rings. The maximum Gasteiger partial charge on any atom is 0.410 e. The molecule has 0 aliphatic carbocycles. The molecule has 2 rings (SSSR count). The van der Waals surface area contributed by atoms with Crippen LogP contribution in [0.25, 0.3) is 0 Å². The van der Waals surface area contributed by atoms with Crippen molar-refractivity contribution in [3.63, 3.8) is 0 Å². The average molecular weight is 450 g/mol. The first kappa shape index (κ1) is 24.2. The van der Waals surface area contributed by atoms with Crippen molar-refractivity contribution in [2.24, 2.45) is 0 Å². The Morgan fingerprint density at radius 3 is 2.66 bits per heavy atom. The van der Waals surface area contributed by atoms with Crippen LogP contribution in [0.2, 0.25) is 10.0 Å². The number of amides is 1. The highest BCUT2D eigenvalue weighted by atomic mass is 35.5. The number of aliphatic hydroxyl groups excluding tert-OH is 2. The highest BCUT2D eigenvalue weighted by Gasteiger charge is 2.38. The summed E-state index contributed by atoms with van der Waals surface area (Å²) in [6.45, 7) is 6.16. The van der Waals surface area contributed by atoms with E-state index in [1.165, 1.54) is 0 Å². The number of nitrogens with zero attached hydrogens (tertiary/aromatic N) is 1. The number of halogens is 2. The van der Waals surface area contributed by atoms with E-state index in [1.807, 2.05) is 26.8 Å². The Balaban J connectivity index is 2.21. The van der Waals surface area contributed by atoms with Crippen molar-refractivity contribution >= 4 is 29.3 Å². The SMILES string of the molecule is CC(C)(C)OC(=O)N1CCO[C@](COCC(O)CO)(c2ccc(Cl)c(Cl)c2)CC1. The van der Waals surface area contributed by atoms with Crippen LogP contribution in [0.4, 0.5) is 4.79 Å². The minimum Gasteiger partial charge on any atom is -0.444 e. The summed E-state index contributed by atoms with van der Waals surface area (Å²) in [4.78, 5) is 14.1. The second-order valence-electron chi connectivity index (χ2n) is 8.04. The predicted molar refractivity (Wildman–Crippen MR) is 110 cm³/mol. The number of carbonyl (C=O) groups is 1. The van der Waals surface area contributed by atoms with E-state index < -0.39 is 30.0 Å². The molecule has 9 heteroatoms. The fourth-order valence-corrected chi connectivity index (χ4v) is 3.27. The largest absolute Gasteiger partial charge is 0.444 e. The Kier molecular flexibility index (Phi) is 8.58. The molecule has 0 bridgehead atoms. The van der Waals surface area contributed by atoms with Crippen LogP contribution in [-0.4, -0.2) is 72.4 Å². The number of carbonyl (C=O) groups excluding carboxylic acids is 1. The second-order valence-corrected chi connectivity index (χ2v) is 8.85. The van der Waals surface area contributed by atoms with Gasteiger partial charge in [-0.1, -0.05) is 29.3 Å². The lowest BCUT2D eigenvalue weighted by Gasteiger charge is -2.33. The highest BCUT2D eigenvalue weighted by molar-refractivity contribution is 6.42. The zero-order valence-electron chi connectivity index (χ0n) is 17.0. The van der Waals surface area contributed by atoms with Gasteiger partial charge in [0.25, 0.3) is 0 Å². The summed E-state index contributed by atoms with van der Waals surface area (Å²) in [6.07, 6.45) is -0.952. The molecule has 1 fully saturated rings. The van der Waals surface area contributed by atoms with Crippen LogP contribution in [-0.2, 0) is 19.8 Å². The summed E-state index contributed by atoms with van der Waals surface area (Å²) < 4.78 is 17.3. The van der Waals surface area contributed by atoms with E-state index in [1.54, 1.807) is 17.0 Å². The molecule has 0 spiro atoms. The van der Waals surface area contributed by atoms with Crippen LogP contribution in [0.5, 0.6) is 0 Å². The molecule has 1 heterocycles. The Bertz CT molecular complexity index is 696. The minimum absolute atomic E-state index is 0.0429. The van der Waals surface area contributed by atoms with Gasteiger partial charge in [0.15, 0.2) is 0 Å². The van der Waals surface area contributed by atoms with Gasteiger partial charge >= 0.3 is 6.09 Å². The fourth-order valence-electron chi connectivity index (χ4n) is 2.98. The second kappa shape index (κ2) is 10.3. The van der Waals surface area contributed by atoms with Gasteiger partial charge in [0.2, 0.25) is 0 Å². The fraction of sp³-hybridized carbons (Fsp3) is 0.650. The van der Waals surface area contributed by atoms with Crippen molar-refractivity contribution in [2.75, 3.05) is 39.5 Å². The molecule has 1 saturated heterocycles. The van der Waals surface area contributed by atoms with Crippen molar-refractivity contribution in [1.29, 1.82) is 0 Å². The summed E-state index contributed by atoms with van der Waals surface area (Å²) in [6, 6.07) is 5.21. The van der Waals surface area contributed by atoms with E-state index in [4.69, 9.17) is 42.5 Å². The molecule has 1 aromatic carbocycles. The van der Waals surface area contributed by atoms with Gasteiger partial charge < -0.3 is 29.3 Å². The lowest BCUT2D eigenvalue weighted by molar-refractivity contribution is -0.112. The van der Waals surface area contributed by atoms with Crippen LogP contribution < -0.4 is 0 Å². The summed E-state index contributed by atoms with van der Waals surface area (Å²) in [7, 11) is 0. The van der Waals surface area contributed by atoms with Gasteiger partial charge in [-0.15, -0.1) is 0 Å². The molecule has 1 amide bonds. The summed E-state index contributed by atoms with van der Waals surface area (Å²) in [5.74, 6) is 0. The van der Waals surface area contributed by atoms with Crippen molar-refractivity contribution < 1.29 is 29.2 Å². The van der Waals surface area contributed by atoms with Gasteiger partial charge in [-0.05, 0) is 38.5 Å². The van der Waals surface area contributed by atoms with E-state index in [0.29, 0.717) is 29.6 Å². The molecular weight excluding hydrogens is 421 g/mol. The highest BCUT2D eigenvalue weighted by Crippen LogP contribution is 2.36. The molecule has 0 saturated carbocycles. The molecule has 0 radical (unpaired) electrons. The molecule has 164 valence electrons. The first-order chi connectivity index (χ1) is 13.6. The number of rotatable bonds is 6. The third kappa shape index (κ3) is 6.98. The van der Waals surface area contributed by atoms with Crippen LogP contribution in [0.15, 0.2) is 18.2 Å². The first-order valence-corrected chi connectivity index (χ1v) is 10.3. The standard InChI is InChI=1S/C20H29Cl2NO6/c1-19(2,3)29-18(26)23-7-6-20(28-9-8-23,13-27-12-15(25)11-24)14-4-5-16(21)17(22)10-14/h4-5,10,15,24-25H,6-9,11-13H2,1-3H3/t15?,20-/m1/s1. The van der Waals surface area contributed by atoms with Gasteiger partial charge in [0.1, 0.15) is 17.3 Å². The van der Waals surface area contributed by atoms with Crippen LogP contribution in [0.3, 0.4) is 0 Å². The zero-order valence-corrected chi connectivity index (χ0v) is 18.5. The normalized spacial score (nSPS) is 21.6. The van der Waals surface area contributed by atoms with Gasteiger partial charge in [0.05, 0.1) is 36.5 Å². The smallest absolute Gasteiger partial charge is 0.410 e. The van der Waals surface area contributed by atoms with E-state index in [2.05, 4.69) is 0 Å². The van der Waals surface area contributed by atoms with Crippen molar-refractivity contribution in [1.82, 2.24) is 4.90 Å². The first-order valence-electron chi connectivity index (χ1n) is 9.50.